The Morgan fingerprint density at radius 3 is 2.37 bits per heavy atom. The molecule has 2 N–H and O–H groups in total. The number of carbonyl (C=O) groups excluding carboxylic acids is 1. The van der Waals surface area contributed by atoms with Crippen LogP contribution in [-0.4, -0.2) is 16.0 Å². The van der Waals surface area contributed by atoms with Crippen molar-refractivity contribution in [2.45, 2.75) is 26.8 Å². The zero-order chi connectivity index (χ0) is 19.3. The molecule has 6 nitrogen and oxygen atoms in total. The first-order valence-corrected chi connectivity index (χ1v) is 9.45. The molecule has 1 unspecified atom stereocenters. The van der Waals surface area contributed by atoms with E-state index < -0.39 is 0 Å². The van der Waals surface area contributed by atoms with Crippen LogP contribution in [0.3, 0.4) is 0 Å². The van der Waals surface area contributed by atoms with Crippen molar-refractivity contribution in [3.63, 3.8) is 0 Å². The van der Waals surface area contributed by atoms with E-state index in [1.54, 1.807) is 54.1 Å². The minimum Gasteiger partial charge on any atom is -0.424 e. The Balaban J connectivity index is 1.62. The van der Waals surface area contributed by atoms with E-state index in [2.05, 4.69) is 41.4 Å². The number of carbonyl (C=O) groups is 1. The molecule has 1 aromatic carbocycles. The van der Waals surface area contributed by atoms with Crippen LogP contribution in [0.5, 0.6) is 11.8 Å². The zero-order valence-electron chi connectivity index (χ0n) is 15.5. The maximum absolute atomic E-state index is 12.5. The molecule has 0 aliphatic heterocycles. The fraction of sp³-hybridized carbons (Fsp3) is 0.250. The van der Waals surface area contributed by atoms with Gasteiger partial charge in [-0.2, -0.15) is 0 Å². The minimum absolute atomic E-state index is 0.0738. The molecule has 140 valence electrons. The van der Waals surface area contributed by atoms with Gasteiger partial charge in [-0.05, 0) is 47.2 Å². The van der Waals surface area contributed by atoms with Gasteiger partial charge >= 0.3 is 12.0 Å². The third kappa shape index (κ3) is 5.27. The van der Waals surface area contributed by atoms with Crippen LogP contribution in [0.4, 0.5) is 10.5 Å². The molecule has 3 rings (SSSR count). The van der Waals surface area contributed by atoms with Crippen molar-refractivity contribution in [2.24, 2.45) is 5.41 Å². The monoisotopic (exact) mass is 382 g/mol. The van der Waals surface area contributed by atoms with Crippen LogP contribution in [0.15, 0.2) is 60.2 Å². The summed E-state index contributed by atoms with van der Waals surface area (Å²) in [7, 11) is 0. The number of hydrogen-bond donors (Lipinski definition) is 2. The number of ether oxygens (including phenoxy) is 1. The van der Waals surface area contributed by atoms with Gasteiger partial charge in [-0.15, -0.1) is 11.3 Å². The van der Waals surface area contributed by atoms with E-state index in [1.807, 2.05) is 17.5 Å². The molecule has 0 aliphatic carbocycles. The quantitative estimate of drug-likeness (QED) is 0.633. The molecular weight excluding hydrogens is 360 g/mol. The molecule has 0 bridgehead atoms. The van der Waals surface area contributed by atoms with Crippen molar-refractivity contribution in [3.8, 4) is 11.8 Å². The largest absolute Gasteiger partial charge is 0.424 e. The highest BCUT2D eigenvalue weighted by molar-refractivity contribution is 7.10. The Kier molecular flexibility index (Phi) is 5.71. The molecule has 27 heavy (non-hydrogen) atoms. The van der Waals surface area contributed by atoms with Gasteiger partial charge in [0, 0.05) is 23.0 Å². The van der Waals surface area contributed by atoms with E-state index >= 15 is 0 Å². The van der Waals surface area contributed by atoms with Crippen LogP contribution in [0.2, 0.25) is 0 Å². The Labute approximate surface area is 162 Å². The Morgan fingerprint density at radius 1 is 1.07 bits per heavy atom. The first-order chi connectivity index (χ1) is 12.9. The predicted molar refractivity (Wildman–Crippen MR) is 107 cm³/mol. The highest BCUT2D eigenvalue weighted by Crippen LogP contribution is 2.35. The fourth-order valence-electron chi connectivity index (χ4n) is 2.52. The molecule has 2 amide bonds. The minimum atomic E-state index is -0.247. The predicted octanol–water partition coefficient (Wildman–Crippen LogP) is 5.24. The number of amides is 2. The van der Waals surface area contributed by atoms with E-state index in [0.717, 1.165) is 4.88 Å². The number of nitrogens with one attached hydrogen (secondary N) is 2. The smallest absolute Gasteiger partial charge is 0.321 e. The van der Waals surface area contributed by atoms with Crippen LogP contribution < -0.4 is 15.4 Å². The van der Waals surface area contributed by atoms with Gasteiger partial charge in [0.1, 0.15) is 5.75 Å². The average Bonchev–Trinajstić information content (AvgIpc) is 3.15. The number of hydrogen-bond acceptors (Lipinski definition) is 5. The standard InChI is InChI=1S/C20H22N4O2S/c1-20(2,3)17(16-6-4-13-27-16)24-18(25)23-14-7-9-15(10-8-14)26-19-21-11-5-12-22-19/h4-13,17H,1-3H3,(H2,23,24,25). The van der Waals surface area contributed by atoms with Gasteiger partial charge in [0.2, 0.25) is 0 Å². The topological polar surface area (TPSA) is 76.1 Å². The summed E-state index contributed by atoms with van der Waals surface area (Å²) in [5.41, 5.74) is 0.572. The summed E-state index contributed by atoms with van der Waals surface area (Å²) in [6.07, 6.45) is 3.23. The van der Waals surface area contributed by atoms with Gasteiger partial charge in [-0.25, -0.2) is 14.8 Å². The third-order valence-electron chi connectivity index (χ3n) is 3.83. The Bertz CT molecular complexity index is 859. The fourth-order valence-corrected chi connectivity index (χ4v) is 3.54. The lowest BCUT2D eigenvalue weighted by Crippen LogP contribution is -2.38. The number of anilines is 1. The number of aromatic nitrogens is 2. The van der Waals surface area contributed by atoms with E-state index in [0.29, 0.717) is 11.4 Å². The molecule has 2 aromatic heterocycles. The lowest BCUT2D eigenvalue weighted by atomic mass is 9.86. The van der Waals surface area contributed by atoms with Gasteiger partial charge in [-0.3, -0.25) is 0 Å². The van der Waals surface area contributed by atoms with Crippen molar-refractivity contribution in [2.75, 3.05) is 5.32 Å². The van der Waals surface area contributed by atoms with Crippen molar-refractivity contribution in [1.82, 2.24) is 15.3 Å². The van der Waals surface area contributed by atoms with Crippen LogP contribution in [0.1, 0.15) is 31.7 Å². The number of thiophene rings is 1. The van der Waals surface area contributed by atoms with Crippen LogP contribution in [-0.2, 0) is 0 Å². The molecular formula is C20H22N4O2S. The molecule has 1 atom stereocenters. The highest BCUT2D eigenvalue weighted by atomic mass is 32.1. The summed E-state index contributed by atoms with van der Waals surface area (Å²) >= 11 is 1.64. The summed E-state index contributed by atoms with van der Waals surface area (Å²) in [5.74, 6) is 0.596. The maximum atomic E-state index is 12.5. The summed E-state index contributed by atoms with van der Waals surface area (Å²) in [4.78, 5) is 21.6. The molecule has 0 fully saturated rings. The lowest BCUT2D eigenvalue weighted by Gasteiger charge is -2.30. The first-order valence-electron chi connectivity index (χ1n) is 8.58. The summed E-state index contributed by atoms with van der Waals surface area (Å²) in [6.45, 7) is 6.32. The average molecular weight is 382 g/mol. The number of urea groups is 1. The second kappa shape index (κ2) is 8.18. The van der Waals surface area contributed by atoms with Gasteiger partial charge in [0.05, 0.1) is 6.04 Å². The third-order valence-corrected chi connectivity index (χ3v) is 4.77. The van der Waals surface area contributed by atoms with Gasteiger partial charge in [-0.1, -0.05) is 26.8 Å². The molecule has 0 radical (unpaired) electrons. The zero-order valence-corrected chi connectivity index (χ0v) is 16.3. The second-order valence-corrected chi connectivity index (χ2v) is 8.05. The van der Waals surface area contributed by atoms with Crippen LogP contribution >= 0.6 is 11.3 Å². The van der Waals surface area contributed by atoms with E-state index in [1.165, 1.54) is 0 Å². The van der Waals surface area contributed by atoms with Gasteiger partial charge < -0.3 is 15.4 Å². The molecule has 0 saturated carbocycles. The highest BCUT2D eigenvalue weighted by Gasteiger charge is 2.28. The first kappa shape index (κ1) is 18.8. The van der Waals surface area contributed by atoms with Crippen LogP contribution in [0.25, 0.3) is 0 Å². The van der Waals surface area contributed by atoms with E-state index in [-0.39, 0.29) is 23.5 Å². The molecule has 7 heteroatoms. The second-order valence-electron chi connectivity index (χ2n) is 7.07. The summed E-state index contributed by atoms with van der Waals surface area (Å²) < 4.78 is 5.55. The Morgan fingerprint density at radius 2 is 1.78 bits per heavy atom. The van der Waals surface area contributed by atoms with E-state index in [4.69, 9.17) is 4.74 Å². The lowest BCUT2D eigenvalue weighted by molar-refractivity contribution is 0.230. The molecule has 3 aromatic rings. The SMILES string of the molecule is CC(C)(C)C(NC(=O)Nc1ccc(Oc2ncccn2)cc1)c1cccs1. The van der Waals surface area contributed by atoms with Gasteiger partial charge in [0.15, 0.2) is 0 Å². The molecule has 0 spiro atoms. The van der Waals surface area contributed by atoms with Crippen molar-refractivity contribution in [1.29, 1.82) is 0 Å². The van der Waals surface area contributed by atoms with Crippen LogP contribution in [0, 0.1) is 5.41 Å². The number of benzene rings is 1. The number of nitrogens with zero attached hydrogens (tertiary/aromatic N) is 2. The maximum Gasteiger partial charge on any atom is 0.321 e. The number of rotatable bonds is 5. The van der Waals surface area contributed by atoms with Crippen molar-refractivity contribution >= 4 is 23.1 Å². The molecule has 0 aliphatic rings. The summed E-state index contributed by atoms with van der Waals surface area (Å²) in [6, 6.07) is 12.8. The van der Waals surface area contributed by atoms with E-state index in [9.17, 15) is 4.79 Å². The molecule has 0 saturated heterocycles. The van der Waals surface area contributed by atoms with Gasteiger partial charge in [0.25, 0.3) is 0 Å². The Hall–Kier alpha value is -2.93. The van der Waals surface area contributed by atoms with Crippen molar-refractivity contribution < 1.29 is 9.53 Å². The normalized spacial score (nSPS) is 12.3. The summed E-state index contributed by atoms with van der Waals surface area (Å²) in [5, 5.41) is 7.95. The van der Waals surface area contributed by atoms with Crippen molar-refractivity contribution in [3.05, 3.63) is 65.1 Å². The molecule has 2 heterocycles.